The van der Waals surface area contributed by atoms with Crippen molar-refractivity contribution in [3.05, 3.63) is 0 Å². The Kier molecular flexibility index (Phi) is 14.1. The van der Waals surface area contributed by atoms with Crippen LogP contribution in [-0.4, -0.2) is 0 Å². The van der Waals surface area contributed by atoms with E-state index >= 15 is 0 Å². The summed E-state index contributed by atoms with van der Waals surface area (Å²) in [5, 5.41) is 0. The molecule has 6 atom stereocenters. The minimum absolute atomic E-state index is 0.855. The van der Waals surface area contributed by atoms with Crippen molar-refractivity contribution in [1.82, 2.24) is 0 Å². The van der Waals surface area contributed by atoms with Crippen molar-refractivity contribution in [2.75, 3.05) is 0 Å². The van der Waals surface area contributed by atoms with Gasteiger partial charge in [-0.1, -0.05) is 121 Å². The fraction of sp³-hybridized carbons (Fsp3) is 1.00. The van der Waals surface area contributed by atoms with Gasteiger partial charge in [0.1, 0.15) is 0 Å². The third-order valence-corrected chi connectivity index (χ3v) is 7.47. The normalized spacial score (nSPS) is 19.4. The van der Waals surface area contributed by atoms with Gasteiger partial charge in [-0.05, 0) is 47.3 Å². The first kappa shape index (κ1) is 26.0. The fourth-order valence-electron chi connectivity index (χ4n) is 3.95. The van der Waals surface area contributed by atoms with Gasteiger partial charge in [-0.3, -0.25) is 0 Å². The summed E-state index contributed by atoms with van der Waals surface area (Å²) in [7, 11) is 0. The van der Waals surface area contributed by atoms with Crippen molar-refractivity contribution in [2.24, 2.45) is 47.3 Å². The second kappa shape index (κ2) is 14.1. The Morgan fingerprint density at radius 3 is 0.577 bits per heavy atom. The highest BCUT2D eigenvalue weighted by molar-refractivity contribution is 4.70. The molecule has 0 aliphatic carbocycles. The molecule has 158 valence electrons. The summed E-state index contributed by atoms with van der Waals surface area (Å²) in [6, 6.07) is 0. The predicted molar refractivity (Wildman–Crippen MR) is 122 cm³/mol. The van der Waals surface area contributed by atoms with Gasteiger partial charge in [0.25, 0.3) is 0 Å². The highest BCUT2D eigenvalue weighted by atomic mass is 14.2. The lowest BCUT2D eigenvalue weighted by atomic mass is 9.79. The Hall–Kier alpha value is 0. The molecule has 0 aliphatic rings. The molecule has 0 rings (SSSR count). The van der Waals surface area contributed by atoms with Crippen LogP contribution in [-0.2, 0) is 0 Å². The largest absolute Gasteiger partial charge is 0.0628 e. The Bertz CT molecular complexity index is 284. The van der Waals surface area contributed by atoms with Crippen LogP contribution < -0.4 is 0 Å². The molecule has 0 aromatic rings. The Morgan fingerprint density at radius 1 is 0.269 bits per heavy atom. The summed E-state index contributed by atoms with van der Waals surface area (Å²) in [6.45, 7) is 24.3. The van der Waals surface area contributed by atoms with Crippen LogP contribution in [0.4, 0.5) is 0 Å². The maximum atomic E-state index is 2.50. The smallest absolute Gasteiger partial charge is 0.0417 e. The fourth-order valence-corrected chi connectivity index (χ4v) is 3.95. The van der Waals surface area contributed by atoms with E-state index in [-0.39, 0.29) is 0 Å². The Balaban J connectivity index is 4.05. The zero-order valence-corrected chi connectivity index (χ0v) is 20.3. The van der Waals surface area contributed by atoms with Gasteiger partial charge in [0.2, 0.25) is 0 Å². The maximum Gasteiger partial charge on any atom is -0.0417 e. The van der Waals surface area contributed by atoms with E-state index in [4.69, 9.17) is 0 Å². The first-order chi connectivity index (χ1) is 12.0. The molecule has 0 saturated carbocycles. The molecule has 0 aromatic heterocycles. The van der Waals surface area contributed by atoms with Gasteiger partial charge < -0.3 is 0 Å². The molecule has 0 spiro atoms. The summed E-state index contributed by atoms with van der Waals surface area (Å²) in [5.74, 6) is 7.03. The molecular formula is C26H54. The molecule has 6 unspecified atom stereocenters. The lowest BCUT2D eigenvalue weighted by Crippen LogP contribution is -2.16. The second-order valence-electron chi connectivity index (χ2n) is 11.0. The minimum atomic E-state index is 0.855. The summed E-state index contributed by atoms with van der Waals surface area (Å²) in [6.07, 6.45) is 11.3. The van der Waals surface area contributed by atoms with E-state index in [1.807, 2.05) is 0 Å². The van der Waals surface area contributed by atoms with Gasteiger partial charge in [0.15, 0.2) is 0 Å². The molecule has 0 bridgehead atoms. The molecule has 0 amide bonds. The molecule has 0 saturated heterocycles. The molecule has 26 heavy (non-hydrogen) atoms. The standard InChI is InChI=1S/C26H54/c1-19(2)11-13-21(5)23(7)15-17-25(9)26(10)18-16-24(8)22(6)14-12-20(3)4/h19-26H,11-18H2,1-10H3. The highest BCUT2D eigenvalue weighted by Gasteiger charge is 2.19. The van der Waals surface area contributed by atoms with E-state index in [1.165, 1.54) is 51.4 Å². The van der Waals surface area contributed by atoms with Crippen LogP contribution in [0.3, 0.4) is 0 Å². The van der Waals surface area contributed by atoms with Gasteiger partial charge in [-0.2, -0.15) is 0 Å². The molecular weight excluding hydrogens is 312 g/mol. The van der Waals surface area contributed by atoms with Gasteiger partial charge in [0, 0.05) is 0 Å². The first-order valence-corrected chi connectivity index (χ1v) is 12.0. The number of hydrogen-bond donors (Lipinski definition) is 0. The quantitative estimate of drug-likeness (QED) is 0.271. The Morgan fingerprint density at radius 2 is 0.423 bits per heavy atom. The van der Waals surface area contributed by atoms with Crippen molar-refractivity contribution in [3.63, 3.8) is 0 Å². The topological polar surface area (TPSA) is 0 Å². The lowest BCUT2D eigenvalue weighted by Gasteiger charge is -2.27. The number of rotatable bonds is 15. The van der Waals surface area contributed by atoms with Crippen LogP contribution in [0.15, 0.2) is 0 Å². The monoisotopic (exact) mass is 366 g/mol. The zero-order chi connectivity index (χ0) is 20.3. The van der Waals surface area contributed by atoms with Crippen molar-refractivity contribution in [2.45, 2.75) is 121 Å². The van der Waals surface area contributed by atoms with Crippen molar-refractivity contribution < 1.29 is 0 Å². The molecule has 0 radical (unpaired) electrons. The average molecular weight is 367 g/mol. The maximum absolute atomic E-state index is 2.50. The van der Waals surface area contributed by atoms with E-state index in [2.05, 4.69) is 69.2 Å². The van der Waals surface area contributed by atoms with E-state index in [0.29, 0.717) is 0 Å². The third-order valence-electron chi connectivity index (χ3n) is 7.47. The van der Waals surface area contributed by atoms with Crippen LogP contribution in [0.2, 0.25) is 0 Å². The zero-order valence-electron chi connectivity index (χ0n) is 20.3. The van der Waals surface area contributed by atoms with Crippen molar-refractivity contribution in [1.29, 1.82) is 0 Å². The summed E-state index contributed by atoms with van der Waals surface area (Å²) in [5.41, 5.74) is 0. The molecule has 0 nitrogen and oxygen atoms in total. The van der Waals surface area contributed by atoms with Crippen molar-refractivity contribution in [3.8, 4) is 0 Å². The van der Waals surface area contributed by atoms with Crippen LogP contribution >= 0.6 is 0 Å². The average Bonchev–Trinajstić information content (AvgIpc) is 2.58. The summed E-state index contributed by atoms with van der Waals surface area (Å²) < 4.78 is 0. The van der Waals surface area contributed by atoms with Gasteiger partial charge in [-0.25, -0.2) is 0 Å². The van der Waals surface area contributed by atoms with E-state index in [0.717, 1.165) is 47.3 Å². The minimum Gasteiger partial charge on any atom is -0.0628 e. The van der Waals surface area contributed by atoms with Crippen LogP contribution in [0, 0.1) is 47.3 Å². The van der Waals surface area contributed by atoms with Crippen molar-refractivity contribution >= 4 is 0 Å². The van der Waals surface area contributed by atoms with Crippen LogP contribution in [0.5, 0.6) is 0 Å². The molecule has 0 aliphatic heterocycles. The van der Waals surface area contributed by atoms with Gasteiger partial charge in [-0.15, -0.1) is 0 Å². The first-order valence-electron chi connectivity index (χ1n) is 12.0. The Labute approximate surface area is 168 Å². The summed E-state index contributed by atoms with van der Waals surface area (Å²) >= 11 is 0. The van der Waals surface area contributed by atoms with E-state index < -0.39 is 0 Å². The van der Waals surface area contributed by atoms with Crippen LogP contribution in [0.1, 0.15) is 121 Å². The molecule has 0 fully saturated rings. The second-order valence-corrected chi connectivity index (χ2v) is 11.0. The molecule has 0 aromatic carbocycles. The van der Waals surface area contributed by atoms with E-state index in [9.17, 15) is 0 Å². The number of hydrogen-bond acceptors (Lipinski definition) is 0. The van der Waals surface area contributed by atoms with Gasteiger partial charge in [0.05, 0.1) is 0 Å². The summed E-state index contributed by atoms with van der Waals surface area (Å²) in [4.78, 5) is 0. The third kappa shape index (κ3) is 12.4. The molecule has 0 heteroatoms. The highest BCUT2D eigenvalue weighted by Crippen LogP contribution is 2.31. The molecule has 0 heterocycles. The lowest BCUT2D eigenvalue weighted by molar-refractivity contribution is 0.245. The van der Waals surface area contributed by atoms with Gasteiger partial charge >= 0.3 is 0 Å². The van der Waals surface area contributed by atoms with Crippen LogP contribution in [0.25, 0.3) is 0 Å². The SMILES string of the molecule is CC(C)CCC(C)C(C)CCC(C)C(C)CCC(C)C(C)CCC(C)C. The predicted octanol–water partition coefficient (Wildman–Crippen LogP) is 9.24. The van der Waals surface area contributed by atoms with E-state index in [1.54, 1.807) is 0 Å². The molecule has 0 N–H and O–H groups in total.